The first-order valence-corrected chi connectivity index (χ1v) is 7.16. The summed E-state index contributed by atoms with van der Waals surface area (Å²) in [5, 5.41) is 2.67. The average molecular weight is 303 g/mol. The summed E-state index contributed by atoms with van der Waals surface area (Å²) >= 11 is 0. The Balaban J connectivity index is 1.64. The molecule has 2 fully saturated rings. The lowest BCUT2D eigenvalue weighted by Crippen LogP contribution is -2.39. The predicted molar refractivity (Wildman–Crippen MR) is 78.5 cm³/mol. The predicted octanol–water partition coefficient (Wildman–Crippen LogP) is 1.06. The van der Waals surface area contributed by atoms with E-state index in [1.807, 2.05) is 0 Å². The van der Waals surface area contributed by atoms with Crippen molar-refractivity contribution in [3.8, 4) is 5.75 Å². The van der Waals surface area contributed by atoms with E-state index in [2.05, 4.69) is 5.32 Å². The fourth-order valence-corrected chi connectivity index (χ4v) is 2.87. The van der Waals surface area contributed by atoms with Gasteiger partial charge in [0.2, 0.25) is 5.91 Å². The SMILES string of the molecule is COc1cccc(NC(=O)CN2C(=O)C3CCCN3C2=O)c1. The zero-order valence-electron chi connectivity index (χ0n) is 12.2. The summed E-state index contributed by atoms with van der Waals surface area (Å²) in [6.45, 7) is 0.325. The van der Waals surface area contributed by atoms with E-state index >= 15 is 0 Å². The monoisotopic (exact) mass is 303 g/mol. The highest BCUT2D eigenvalue weighted by molar-refractivity contribution is 6.08. The third-order valence-corrected chi connectivity index (χ3v) is 3.94. The first-order valence-electron chi connectivity index (χ1n) is 7.16. The Kier molecular flexibility index (Phi) is 3.70. The summed E-state index contributed by atoms with van der Waals surface area (Å²) in [4.78, 5) is 38.9. The molecular weight excluding hydrogens is 286 g/mol. The second-order valence-corrected chi connectivity index (χ2v) is 5.34. The maximum atomic E-state index is 12.1. The number of fused-ring (bicyclic) bond motifs is 1. The zero-order chi connectivity index (χ0) is 15.7. The summed E-state index contributed by atoms with van der Waals surface area (Å²) < 4.78 is 5.08. The van der Waals surface area contributed by atoms with Gasteiger partial charge in [-0.1, -0.05) is 6.07 Å². The molecule has 1 aromatic carbocycles. The molecule has 3 rings (SSSR count). The molecule has 0 saturated carbocycles. The Hall–Kier alpha value is -2.57. The molecule has 0 aliphatic carbocycles. The van der Waals surface area contributed by atoms with Crippen molar-refractivity contribution in [2.45, 2.75) is 18.9 Å². The van der Waals surface area contributed by atoms with E-state index in [0.717, 1.165) is 11.3 Å². The number of rotatable bonds is 4. The van der Waals surface area contributed by atoms with E-state index in [9.17, 15) is 14.4 Å². The van der Waals surface area contributed by atoms with Crippen molar-refractivity contribution in [1.82, 2.24) is 9.80 Å². The van der Waals surface area contributed by atoms with Gasteiger partial charge < -0.3 is 15.0 Å². The van der Waals surface area contributed by atoms with Crippen molar-refractivity contribution >= 4 is 23.5 Å². The lowest BCUT2D eigenvalue weighted by Gasteiger charge is -2.15. The van der Waals surface area contributed by atoms with Crippen molar-refractivity contribution in [1.29, 1.82) is 0 Å². The molecule has 2 aliphatic heterocycles. The van der Waals surface area contributed by atoms with Crippen LogP contribution in [0.15, 0.2) is 24.3 Å². The van der Waals surface area contributed by atoms with Crippen LogP contribution in [0.3, 0.4) is 0 Å². The minimum atomic E-state index is -0.406. The number of carbonyl (C=O) groups excluding carboxylic acids is 3. The first kappa shape index (κ1) is 14.4. The van der Waals surface area contributed by atoms with Crippen molar-refractivity contribution in [3.05, 3.63) is 24.3 Å². The fraction of sp³-hybridized carbons (Fsp3) is 0.400. The van der Waals surface area contributed by atoms with Crippen molar-refractivity contribution in [3.63, 3.8) is 0 Å². The number of nitrogens with one attached hydrogen (secondary N) is 1. The van der Waals surface area contributed by atoms with E-state index in [1.165, 1.54) is 7.11 Å². The number of benzene rings is 1. The molecule has 7 nitrogen and oxygen atoms in total. The van der Waals surface area contributed by atoms with Crippen molar-refractivity contribution in [2.24, 2.45) is 0 Å². The summed E-state index contributed by atoms with van der Waals surface area (Å²) in [6, 6.07) is 6.15. The summed E-state index contributed by atoms with van der Waals surface area (Å²) in [5.74, 6) is -0.0637. The van der Waals surface area contributed by atoms with Crippen LogP contribution in [0.5, 0.6) is 5.75 Å². The average Bonchev–Trinajstić information content (AvgIpc) is 3.07. The maximum absolute atomic E-state index is 12.1. The number of anilines is 1. The molecule has 0 spiro atoms. The van der Waals surface area contributed by atoms with E-state index < -0.39 is 5.91 Å². The second kappa shape index (κ2) is 5.67. The minimum Gasteiger partial charge on any atom is -0.497 e. The first-order chi connectivity index (χ1) is 10.6. The Labute approximate surface area is 127 Å². The topological polar surface area (TPSA) is 79.0 Å². The second-order valence-electron chi connectivity index (χ2n) is 5.34. The van der Waals surface area contributed by atoms with Gasteiger partial charge in [0.1, 0.15) is 18.3 Å². The number of methoxy groups -OCH3 is 1. The number of ether oxygens (including phenoxy) is 1. The van der Waals surface area contributed by atoms with Crippen LogP contribution in [0.4, 0.5) is 10.5 Å². The Bertz CT molecular complexity index is 609. The standard InChI is InChI=1S/C15H17N3O4/c1-22-11-5-2-4-10(8-11)16-13(19)9-18-14(20)12-6-3-7-17(12)15(18)21/h2,4-5,8,12H,3,6-7,9H2,1H3,(H,16,19). The molecule has 4 amide bonds. The molecule has 2 aliphatic rings. The Morgan fingerprint density at radius 2 is 2.23 bits per heavy atom. The van der Waals surface area contributed by atoms with Gasteiger partial charge in [-0.15, -0.1) is 0 Å². The highest BCUT2D eigenvalue weighted by Crippen LogP contribution is 2.27. The number of hydrogen-bond acceptors (Lipinski definition) is 4. The summed E-state index contributed by atoms with van der Waals surface area (Å²) in [6.07, 6.45) is 1.52. The van der Waals surface area contributed by atoms with Crippen LogP contribution >= 0.6 is 0 Å². The number of hydrogen-bond donors (Lipinski definition) is 1. The molecule has 1 atom stereocenters. The third-order valence-electron chi connectivity index (χ3n) is 3.94. The number of urea groups is 1. The lowest BCUT2D eigenvalue weighted by molar-refractivity contribution is -0.131. The minimum absolute atomic E-state index is 0.262. The van der Waals surface area contributed by atoms with E-state index in [1.54, 1.807) is 29.2 Å². The van der Waals surface area contributed by atoms with E-state index in [-0.39, 0.29) is 24.5 Å². The largest absolute Gasteiger partial charge is 0.497 e. The number of amides is 4. The number of imide groups is 1. The van der Waals surface area contributed by atoms with Gasteiger partial charge in [0, 0.05) is 18.3 Å². The van der Waals surface area contributed by atoms with Crippen LogP contribution in [-0.2, 0) is 9.59 Å². The quantitative estimate of drug-likeness (QED) is 0.844. The van der Waals surface area contributed by atoms with Gasteiger partial charge in [-0.25, -0.2) is 4.79 Å². The van der Waals surface area contributed by atoms with Gasteiger partial charge >= 0.3 is 6.03 Å². The Morgan fingerprint density at radius 1 is 1.41 bits per heavy atom. The smallest absolute Gasteiger partial charge is 0.327 e. The highest BCUT2D eigenvalue weighted by Gasteiger charge is 2.47. The van der Waals surface area contributed by atoms with Gasteiger partial charge in [0.05, 0.1) is 7.11 Å². The molecule has 116 valence electrons. The van der Waals surface area contributed by atoms with Crippen LogP contribution in [0.2, 0.25) is 0 Å². The highest BCUT2D eigenvalue weighted by atomic mass is 16.5. The van der Waals surface area contributed by atoms with Crippen LogP contribution in [-0.4, -0.2) is 53.9 Å². The van der Waals surface area contributed by atoms with E-state index in [0.29, 0.717) is 24.4 Å². The number of nitrogens with zero attached hydrogens (tertiary/aromatic N) is 2. The van der Waals surface area contributed by atoms with Crippen LogP contribution in [0.25, 0.3) is 0 Å². The molecule has 0 radical (unpaired) electrons. The van der Waals surface area contributed by atoms with Gasteiger partial charge in [-0.2, -0.15) is 0 Å². The Morgan fingerprint density at radius 3 is 2.95 bits per heavy atom. The molecule has 0 aromatic heterocycles. The summed E-state index contributed by atoms with van der Waals surface area (Å²) in [5.41, 5.74) is 0.559. The molecule has 0 bridgehead atoms. The molecule has 2 heterocycles. The summed E-state index contributed by atoms with van der Waals surface area (Å²) in [7, 11) is 1.54. The van der Waals surface area contributed by atoms with Gasteiger partial charge in [-0.3, -0.25) is 14.5 Å². The molecule has 22 heavy (non-hydrogen) atoms. The molecule has 7 heteroatoms. The molecule has 2 saturated heterocycles. The van der Waals surface area contributed by atoms with Crippen LogP contribution in [0, 0.1) is 0 Å². The number of carbonyl (C=O) groups is 3. The van der Waals surface area contributed by atoms with Crippen molar-refractivity contribution < 1.29 is 19.1 Å². The zero-order valence-corrected chi connectivity index (χ0v) is 12.2. The lowest BCUT2D eigenvalue weighted by atomic mass is 10.2. The van der Waals surface area contributed by atoms with E-state index in [4.69, 9.17) is 4.74 Å². The van der Waals surface area contributed by atoms with Gasteiger partial charge in [-0.05, 0) is 25.0 Å². The van der Waals surface area contributed by atoms with Crippen LogP contribution in [0.1, 0.15) is 12.8 Å². The molecular formula is C15H17N3O4. The maximum Gasteiger partial charge on any atom is 0.327 e. The third kappa shape index (κ3) is 2.49. The fourth-order valence-electron chi connectivity index (χ4n) is 2.87. The molecule has 1 unspecified atom stereocenters. The van der Waals surface area contributed by atoms with Crippen molar-refractivity contribution in [2.75, 3.05) is 25.5 Å². The molecule has 1 aromatic rings. The molecule has 1 N–H and O–H groups in total. The van der Waals surface area contributed by atoms with Gasteiger partial charge in [0.25, 0.3) is 5.91 Å². The van der Waals surface area contributed by atoms with Gasteiger partial charge in [0.15, 0.2) is 0 Å². The normalized spacial score (nSPS) is 20.3. The van der Waals surface area contributed by atoms with Crippen LogP contribution < -0.4 is 10.1 Å².